The van der Waals surface area contributed by atoms with Crippen molar-refractivity contribution in [2.24, 2.45) is 5.18 Å². The molecule has 0 saturated carbocycles. The van der Waals surface area contributed by atoms with E-state index in [-0.39, 0.29) is 0 Å². The molecular formula is C4H5NO3. The molecule has 0 rings (SSSR count). The largest absolute Gasteiger partial charge is 0.466 e. The first kappa shape index (κ1) is 6.81. The minimum atomic E-state index is -0.579. The van der Waals surface area contributed by atoms with E-state index in [4.69, 9.17) is 0 Å². The molecule has 0 aromatic heterocycles. The predicted octanol–water partition coefficient (Wildman–Crippen LogP) is 0.439. The topological polar surface area (TPSA) is 55.7 Å². The number of methoxy groups -OCH3 is 1. The molecule has 0 N–H and O–H groups in total. The summed E-state index contributed by atoms with van der Waals surface area (Å²) in [5.74, 6) is -0.579. The van der Waals surface area contributed by atoms with Gasteiger partial charge in [0, 0.05) is 6.08 Å². The van der Waals surface area contributed by atoms with Gasteiger partial charge in [0.05, 0.1) is 13.3 Å². The summed E-state index contributed by atoms with van der Waals surface area (Å²) in [5, 5.41) is 2.29. The van der Waals surface area contributed by atoms with Gasteiger partial charge < -0.3 is 4.74 Å². The average molecular weight is 115 g/mol. The Kier molecular flexibility index (Phi) is 3.39. The van der Waals surface area contributed by atoms with Gasteiger partial charge in [-0.25, -0.2) is 4.79 Å². The zero-order chi connectivity index (χ0) is 6.41. The van der Waals surface area contributed by atoms with Gasteiger partial charge in [-0.3, -0.25) is 0 Å². The molecule has 0 aromatic carbocycles. The molecule has 0 aliphatic heterocycles. The molecule has 44 valence electrons. The van der Waals surface area contributed by atoms with Crippen molar-refractivity contribution < 1.29 is 9.53 Å². The average Bonchev–Trinajstić information content (AvgIpc) is 1.83. The molecule has 0 spiro atoms. The van der Waals surface area contributed by atoms with Crippen LogP contribution in [0.4, 0.5) is 0 Å². The molecule has 0 aromatic rings. The molecule has 0 aliphatic carbocycles. The van der Waals surface area contributed by atoms with Crippen molar-refractivity contribution in [1.82, 2.24) is 0 Å². The summed E-state index contributed by atoms with van der Waals surface area (Å²) in [6.45, 7) is 0. The lowest BCUT2D eigenvalue weighted by atomic mass is 10.6. The SMILES string of the molecule is COC(=O)/C=C/N=O. The van der Waals surface area contributed by atoms with Crippen LogP contribution in [0.2, 0.25) is 0 Å². The van der Waals surface area contributed by atoms with Crippen LogP contribution in [0.5, 0.6) is 0 Å². The number of nitroso groups, excluding NO2 is 1. The number of nitrogens with zero attached hydrogens (tertiary/aromatic N) is 1. The van der Waals surface area contributed by atoms with Gasteiger partial charge in [0.2, 0.25) is 0 Å². The molecule has 0 atom stereocenters. The number of carbonyl (C=O) groups excluding carboxylic acids is 1. The van der Waals surface area contributed by atoms with E-state index in [9.17, 15) is 9.70 Å². The first-order chi connectivity index (χ1) is 3.81. The highest BCUT2D eigenvalue weighted by Crippen LogP contribution is 1.76. The predicted molar refractivity (Wildman–Crippen MR) is 27.0 cm³/mol. The van der Waals surface area contributed by atoms with Crippen LogP contribution in [0.3, 0.4) is 0 Å². The fourth-order valence-corrected chi connectivity index (χ4v) is 0.159. The standard InChI is InChI=1S/C4H5NO3/c1-8-4(6)2-3-5-7/h2-3H,1H3/b3-2+. The van der Waals surface area contributed by atoms with Gasteiger partial charge in [-0.1, -0.05) is 0 Å². The Balaban J connectivity index is 3.52. The van der Waals surface area contributed by atoms with Crippen molar-refractivity contribution in [2.75, 3.05) is 7.11 Å². The van der Waals surface area contributed by atoms with Gasteiger partial charge in [-0.2, -0.15) is 0 Å². The smallest absolute Gasteiger partial charge is 0.332 e. The Labute approximate surface area is 46.1 Å². The number of ether oxygens (including phenoxy) is 1. The molecule has 0 saturated heterocycles. The normalized spacial score (nSPS) is 9.12. The van der Waals surface area contributed by atoms with Crippen LogP contribution in [-0.2, 0) is 9.53 Å². The van der Waals surface area contributed by atoms with E-state index in [1.54, 1.807) is 0 Å². The summed E-state index contributed by atoms with van der Waals surface area (Å²) >= 11 is 0. The van der Waals surface area contributed by atoms with Gasteiger partial charge in [0.15, 0.2) is 0 Å². The van der Waals surface area contributed by atoms with Crippen LogP contribution >= 0.6 is 0 Å². The minimum absolute atomic E-state index is 0.579. The van der Waals surface area contributed by atoms with E-state index in [2.05, 4.69) is 9.91 Å². The molecule has 8 heavy (non-hydrogen) atoms. The molecule has 0 unspecified atom stereocenters. The molecule has 0 amide bonds. The van der Waals surface area contributed by atoms with Crippen molar-refractivity contribution in [3.63, 3.8) is 0 Å². The number of hydrogen-bond donors (Lipinski definition) is 0. The van der Waals surface area contributed by atoms with Gasteiger partial charge in [0.1, 0.15) is 0 Å². The van der Waals surface area contributed by atoms with Crippen molar-refractivity contribution in [3.05, 3.63) is 17.2 Å². The third-order valence-corrected chi connectivity index (χ3v) is 0.473. The van der Waals surface area contributed by atoms with Crippen LogP contribution in [0.1, 0.15) is 0 Å². The summed E-state index contributed by atoms with van der Waals surface area (Å²) in [7, 11) is 1.22. The van der Waals surface area contributed by atoms with E-state index in [0.29, 0.717) is 0 Å². The number of rotatable bonds is 2. The molecule has 4 nitrogen and oxygen atoms in total. The maximum atomic E-state index is 10.1. The van der Waals surface area contributed by atoms with E-state index >= 15 is 0 Å². The molecule has 0 bridgehead atoms. The number of hydrogen-bond acceptors (Lipinski definition) is 4. The Morgan fingerprint density at radius 2 is 2.38 bits per heavy atom. The molecule has 0 fully saturated rings. The van der Waals surface area contributed by atoms with Gasteiger partial charge in [-0.05, 0) is 5.18 Å². The summed E-state index contributed by atoms with van der Waals surface area (Å²) in [5.41, 5.74) is 0. The quantitative estimate of drug-likeness (QED) is 0.298. The lowest BCUT2D eigenvalue weighted by Crippen LogP contribution is -1.92. The van der Waals surface area contributed by atoms with E-state index in [1.807, 2.05) is 0 Å². The van der Waals surface area contributed by atoms with Gasteiger partial charge >= 0.3 is 5.97 Å². The number of carbonyl (C=O) groups is 1. The highest BCUT2D eigenvalue weighted by atomic mass is 16.5. The van der Waals surface area contributed by atoms with E-state index in [0.717, 1.165) is 12.3 Å². The van der Waals surface area contributed by atoms with Crippen molar-refractivity contribution >= 4 is 5.97 Å². The fourth-order valence-electron chi connectivity index (χ4n) is 0.159. The minimum Gasteiger partial charge on any atom is -0.466 e. The molecule has 0 heterocycles. The summed E-state index contributed by atoms with van der Waals surface area (Å²) in [4.78, 5) is 19.3. The second kappa shape index (κ2) is 3.98. The first-order valence-electron chi connectivity index (χ1n) is 1.88. The maximum absolute atomic E-state index is 10.1. The highest BCUT2D eigenvalue weighted by Gasteiger charge is 1.86. The van der Waals surface area contributed by atoms with Gasteiger partial charge in [-0.15, -0.1) is 4.91 Å². The summed E-state index contributed by atoms with van der Waals surface area (Å²) in [6.07, 6.45) is 1.76. The second-order valence-corrected chi connectivity index (χ2v) is 0.944. The molecule has 4 heteroatoms. The molecular weight excluding hydrogens is 110 g/mol. The summed E-state index contributed by atoms with van der Waals surface area (Å²) in [6, 6.07) is 0. The third kappa shape index (κ3) is 3.02. The lowest BCUT2D eigenvalue weighted by Gasteiger charge is -1.84. The van der Waals surface area contributed by atoms with E-state index in [1.165, 1.54) is 7.11 Å². The molecule has 0 radical (unpaired) electrons. The Morgan fingerprint density at radius 3 is 2.75 bits per heavy atom. The maximum Gasteiger partial charge on any atom is 0.332 e. The molecule has 0 aliphatic rings. The zero-order valence-corrected chi connectivity index (χ0v) is 4.33. The van der Waals surface area contributed by atoms with Crippen molar-refractivity contribution in [3.8, 4) is 0 Å². The lowest BCUT2D eigenvalue weighted by molar-refractivity contribution is -0.134. The summed E-state index contributed by atoms with van der Waals surface area (Å²) < 4.78 is 4.13. The van der Waals surface area contributed by atoms with Crippen molar-refractivity contribution in [1.29, 1.82) is 0 Å². The van der Waals surface area contributed by atoms with Crippen molar-refractivity contribution in [2.45, 2.75) is 0 Å². The van der Waals surface area contributed by atoms with E-state index < -0.39 is 5.97 Å². The van der Waals surface area contributed by atoms with Crippen LogP contribution < -0.4 is 0 Å². The monoisotopic (exact) mass is 115 g/mol. The first-order valence-corrected chi connectivity index (χ1v) is 1.88. The second-order valence-electron chi connectivity index (χ2n) is 0.944. The van der Waals surface area contributed by atoms with Crippen LogP contribution in [0, 0.1) is 4.91 Å². The van der Waals surface area contributed by atoms with Gasteiger partial charge in [0.25, 0.3) is 0 Å². The zero-order valence-electron chi connectivity index (χ0n) is 4.33. The Morgan fingerprint density at radius 1 is 1.75 bits per heavy atom. The van der Waals surface area contributed by atoms with Crippen LogP contribution in [0.15, 0.2) is 17.5 Å². The Hall–Kier alpha value is -1.19. The fraction of sp³-hybridized carbons (Fsp3) is 0.250. The Bertz CT molecular complexity index is 118. The van der Waals surface area contributed by atoms with Crippen LogP contribution in [-0.4, -0.2) is 13.1 Å². The third-order valence-electron chi connectivity index (χ3n) is 0.473. The number of esters is 1. The highest BCUT2D eigenvalue weighted by molar-refractivity contribution is 5.81. The van der Waals surface area contributed by atoms with Crippen LogP contribution in [0.25, 0.3) is 0 Å².